The van der Waals surface area contributed by atoms with E-state index in [2.05, 4.69) is 12.1 Å². The Morgan fingerprint density at radius 2 is 1.42 bits per heavy atom. The molecule has 0 aliphatic carbocycles. The highest BCUT2D eigenvalue weighted by Gasteiger charge is 2.29. The Morgan fingerprint density at radius 1 is 0.923 bits per heavy atom. The van der Waals surface area contributed by atoms with Crippen LogP contribution in [0.3, 0.4) is 0 Å². The molecule has 1 aromatic carbocycles. The number of esters is 1. The third-order valence-corrected chi connectivity index (χ3v) is 4.53. The largest absolute Gasteiger partial charge is 0.462 e. The van der Waals surface area contributed by atoms with Crippen molar-refractivity contribution in [2.24, 2.45) is 5.18 Å². The molecule has 0 aliphatic heterocycles. The Hall–Kier alpha value is -1.71. The molecular weight excluding hydrogens is 326 g/mol. The second-order valence-electron chi connectivity index (χ2n) is 9.06. The summed E-state index contributed by atoms with van der Waals surface area (Å²) in [6.45, 7) is 14.7. The average Bonchev–Trinajstić information content (AvgIpc) is 2.54. The summed E-state index contributed by atoms with van der Waals surface area (Å²) in [6.07, 6.45) is 5.56. The molecule has 0 saturated heterocycles. The molecule has 0 spiro atoms. The Morgan fingerprint density at radius 3 is 1.85 bits per heavy atom. The highest BCUT2D eigenvalue weighted by molar-refractivity contribution is 5.91. The lowest BCUT2D eigenvalue weighted by atomic mass is 9.78. The van der Waals surface area contributed by atoms with Crippen LogP contribution in [0.5, 0.6) is 0 Å². The lowest BCUT2D eigenvalue weighted by Gasteiger charge is -2.27. The number of nitrogens with zero attached hydrogens (tertiary/aromatic N) is 1. The first-order chi connectivity index (χ1) is 12.0. The quantitative estimate of drug-likeness (QED) is 0.290. The summed E-state index contributed by atoms with van der Waals surface area (Å²) in [5, 5.41) is 3.31. The third-order valence-electron chi connectivity index (χ3n) is 4.53. The van der Waals surface area contributed by atoms with Crippen molar-refractivity contribution >= 4 is 11.7 Å². The maximum absolute atomic E-state index is 12.6. The fraction of sp³-hybridized carbons (Fsp3) is 0.682. The van der Waals surface area contributed by atoms with Crippen molar-refractivity contribution in [1.82, 2.24) is 0 Å². The minimum atomic E-state index is -0.325. The number of carbonyl (C=O) groups is 1. The van der Waals surface area contributed by atoms with Crippen molar-refractivity contribution in [3.8, 4) is 0 Å². The molecular formula is C22H35NO3. The molecule has 146 valence electrons. The predicted octanol–water partition coefficient (Wildman–Crippen LogP) is 6.81. The normalized spacial score (nSPS) is 12.1. The Bertz CT molecular complexity index is 586. The van der Waals surface area contributed by atoms with Crippen molar-refractivity contribution in [2.75, 3.05) is 6.61 Å². The minimum Gasteiger partial charge on any atom is -0.462 e. The summed E-state index contributed by atoms with van der Waals surface area (Å²) in [5.74, 6) is -0.325. The van der Waals surface area contributed by atoms with Gasteiger partial charge in [-0.25, -0.2) is 4.79 Å². The molecule has 0 radical (unpaired) electrons. The molecule has 0 atom stereocenters. The molecule has 0 bridgehead atoms. The highest BCUT2D eigenvalue weighted by Crippen LogP contribution is 2.40. The monoisotopic (exact) mass is 361 g/mol. The van der Waals surface area contributed by atoms with Gasteiger partial charge >= 0.3 is 5.97 Å². The van der Waals surface area contributed by atoms with Crippen molar-refractivity contribution in [1.29, 1.82) is 0 Å². The van der Waals surface area contributed by atoms with E-state index >= 15 is 0 Å². The average molecular weight is 362 g/mol. The van der Waals surface area contributed by atoms with Crippen molar-refractivity contribution in [3.63, 3.8) is 0 Å². The molecule has 26 heavy (non-hydrogen) atoms. The van der Waals surface area contributed by atoms with Crippen LogP contribution in [-0.2, 0) is 15.6 Å². The van der Waals surface area contributed by atoms with Crippen LogP contribution in [-0.4, -0.2) is 12.6 Å². The van der Waals surface area contributed by atoms with Crippen molar-refractivity contribution in [2.45, 2.75) is 91.4 Å². The van der Waals surface area contributed by atoms with Crippen LogP contribution in [0, 0.1) is 4.91 Å². The van der Waals surface area contributed by atoms with Crippen LogP contribution in [0.15, 0.2) is 17.3 Å². The zero-order chi connectivity index (χ0) is 20.0. The Kier molecular flexibility index (Phi) is 7.98. The Balaban J connectivity index is 3.08. The number of hydrogen-bond acceptors (Lipinski definition) is 4. The van der Waals surface area contributed by atoms with Gasteiger partial charge < -0.3 is 4.74 Å². The lowest BCUT2D eigenvalue weighted by molar-refractivity contribution is 0.0497. The van der Waals surface area contributed by atoms with E-state index in [1.54, 1.807) is 12.1 Å². The molecule has 4 heteroatoms. The summed E-state index contributed by atoms with van der Waals surface area (Å²) >= 11 is 0. The number of benzene rings is 1. The van der Waals surface area contributed by atoms with E-state index in [1.165, 1.54) is 19.3 Å². The van der Waals surface area contributed by atoms with E-state index in [4.69, 9.17) is 4.74 Å². The second kappa shape index (κ2) is 9.29. The number of hydrogen-bond donors (Lipinski definition) is 0. The fourth-order valence-corrected chi connectivity index (χ4v) is 2.95. The summed E-state index contributed by atoms with van der Waals surface area (Å²) < 4.78 is 5.47. The van der Waals surface area contributed by atoms with E-state index in [-0.39, 0.29) is 16.8 Å². The molecule has 0 amide bonds. The zero-order valence-electron chi connectivity index (χ0n) is 17.6. The molecule has 1 rings (SSSR count). The molecule has 0 saturated carbocycles. The SMILES string of the molecule is CCCCCCCOC(=O)c1cc(C(C)(C)C)c(N=O)c(C(C)(C)C)c1. The van der Waals surface area contributed by atoms with Crippen LogP contribution in [0.2, 0.25) is 0 Å². The van der Waals surface area contributed by atoms with Crippen LogP contribution < -0.4 is 0 Å². The first-order valence-corrected chi connectivity index (χ1v) is 9.71. The van der Waals surface area contributed by atoms with Gasteiger partial charge in [-0.05, 0) is 45.7 Å². The standard InChI is InChI=1S/C22H35NO3/c1-8-9-10-11-12-13-26-20(24)16-14-17(21(2,3)4)19(23-25)18(15-16)22(5,6)7/h14-15H,8-13H2,1-7H3. The van der Waals surface area contributed by atoms with Crippen LogP contribution in [0.25, 0.3) is 0 Å². The minimum absolute atomic E-state index is 0.292. The van der Waals surface area contributed by atoms with Gasteiger partial charge in [-0.2, -0.15) is 0 Å². The van der Waals surface area contributed by atoms with E-state index in [9.17, 15) is 9.70 Å². The van der Waals surface area contributed by atoms with Gasteiger partial charge in [-0.15, -0.1) is 4.91 Å². The Labute approximate surface area is 158 Å². The molecule has 4 nitrogen and oxygen atoms in total. The number of unbranched alkanes of at least 4 members (excludes halogenated alkanes) is 4. The fourth-order valence-electron chi connectivity index (χ4n) is 2.95. The molecule has 0 aromatic heterocycles. The van der Waals surface area contributed by atoms with Crippen LogP contribution in [0.4, 0.5) is 5.69 Å². The van der Waals surface area contributed by atoms with Crippen LogP contribution >= 0.6 is 0 Å². The molecule has 0 N–H and O–H groups in total. The maximum Gasteiger partial charge on any atom is 0.338 e. The third kappa shape index (κ3) is 6.22. The molecule has 1 aromatic rings. The van der Waals surface area contributed by atoms with Gasteiger partial charge in [-0.1, -0.05) is 74.1 Å². The summed E-state index contributed by atoms with van der Waals surface area (Å²) in [6, 6.07) is 3.54. The van der Waals surface area contributed by atoms with Gasteiger partial charge in [0.15, 0.2) is 0 Å². The molecule has 0 aliphatic rings. The summed E-state index contributed by atoms with van der Waals surface area (Å²) in [7, 11) is 0. The maximum atomic E-state index is 12.6. The van der Waals surface area contributed by atoms with E-state index in [1.807, 2.05) is 41.5 Å². The number of nitroso groups, excluding NO2 is 1. The number of rotatable bonds is 8. The zero-order valence-corrected chi connectivity index (χ0v) is 17.6. The number of carbonyl (C=O) groups excluding carboxylic acids is 1. The first-order valence-electron chi connectivity index (χ1n) is 9.71. The molecule has 0 unspecified atom stereocenters. The molecule has 0 fully saturated rings. The highest BCUT2D eigenvalue weighted by atomic mass is 16.5. The molecule has 0 heterocycles. The van der Waals surface area contributed by atoms with E-state index in [0.717, 1.165) is 24.0 Å². The summed E-state index contributed by atoms with van der Waals surface area (Å²) in [5.41, 5.74) is 1.94. The van der Waals surface area contributed by atoms with Gasteiger partial charge in [0.1, 0.15) is 5.69 Å². The second-order valence-corrected chi connectivity index (χ2v) is 9.06. The first kappa shape index (κ1) is 22.3. The number of ether oxygens (including phenoxy) is 1. The van der Waals surface area contributed by atoms with Gasteiger partial charge in [0.05, 0.1) is 12.2 Å². The lowest BCUT2D eigenvalue weighted by Crippen LogP contribution is -2.19. The van der Waals surface area contributed by atoms with Gasteiger partial charge in [-0.3, -0.25) is 0 Å². The van der Waals surface area contributed by atoms with Gasteiger partial charge in [0.2, 0.25) is 0 Å². The van der Waals surface area contributed by atoms with Gasteiger partial charge in [0, 0.05) is 0 Å². The van der Waals surface area contributed by atoms with E-state index < -0.39 is 0 Å². The van der Waals surface area contributed by atoms with Gasteiger partial charge in [0.25, 0.3) is 0 Å². The topological polar surface area (TPSA) is 55.7 Å². The predicted molar refractivity (Wildman–Crippen MR) is 108 cm³/mol. The van der Waals surface area contributed by atoms with Crippen molar-refractivity contribution in [3.05, 3.63) is 33.7 Å². The van der Waals surface area contributed by atoms with E-state index in [0.29, 0.717) is 17.9 Å². The van der Waals surface area contributed by atoms with Crippen molar-refractivity contribution < 1.29 is 9.53 Å². The summed E-state index contributed by atoms with van der Waals surface area (Å²) in [4.78, 5) is 24.1. The smallest absolute Gasteiger partial charge is 0.338 e. The van der Waals surface area contributed by atoms with Crippen LogP contribution in [0.1, 0.15) is 102 Å².